The maximum absolute atomic E-state index is 13.6. The minimum Gasteiger partial charge on any atom is -0.493 e. The van der Waals surface area contributed by atoms with Crippen molar-refractivity contribution >= 4 is 29.0 Å². The summed E-state index contributed by atoms with van der Waals surface area (Å²) in [6.07, 6.45) is 2.23. The van der Waals surface area contributed by atoms with Crippen LogP contribution in [0.2, 0.25) is 0 Å². The first-order chi connectivity index (χ1) is 17.9. The summed E-state index contributed by atoms with van der Waals surface area (Å²) < 4.78 is 24.3. The average molecular weight is 528 g/mol. The minimum atomic E-state index is -0.439. The van der Waals surface area contributed by atoms with Crippen molar-refractivity contribution in [3.8, 4) is 11.5 Å². The van der Waals surface area contributed by atoms with E-state index >= 15 is 0 Å². The molecule has 9 heteroatoms. The number of carbonyl (C=O) groups excluding carboxylic acids is 2. The maximum atomic E-state index is 13.6. The van der Waals surface area contributed by atoms with E-state index in [-0.39, 0.29) is 12.5 Å². The summed E-state index contributed by atoms with van der Waals surface area (Å²) in [7, 11) is 3.18. The normalized spacial score (nSPS) is 10.6. The second-order valence-electron chi connectivity index (χ2n) is 8.55. The first-order valence-corrected chi connectivity index (χ1v) is 13.1. The molecule has 2 aromatic carbocycles. The van der Waals surface area contributed by atoms with Crippen molar-refractivity contribution in [2.24, 2.45) is 0 Å². The Morgan fingerprint density at radius 3 is 2.46 bits per heavy atom. The van der Waals surface area contributed by atoms with Crippen LogP contribution in [-0.2, 0) is 17.8 Å². The lowest BCUT2D eigenvalue weighted by molar-refractivity contribution is -0.132. The van der Waals surface area contributed by atoms with Gasteiger partial charge in [-0.1, -0.05) is 31.5 Å². The highest BCUT2D eigenvalue weighted by Gasteiger charge is 2.22. The highest BCUT2D eigenvalue weighted by molar-refractivity contribution is 7.09. The fourth-order valence-electron chi connectivity index (χ4n) is 3.82. The number of nitrogens with zero attached hydrogens (tertiary/aromatic N) is 2. The Bertz CT molecular complexity index is 1160. The summed E-state index contributed by atoms with van der Waals surface area (Å²) in [5.41, 5.74) is 1.36. The lowest BCUT2D eigenvalue weighted by atomic mass is 10.1. The third kappa shape index (κ3) is 8.49. The molecule has 198 valence electrons. The molecule has 37 heavy (non-hydrogen) atoms. The zero-order valence-corrected chi connectivity index (χ0v) is 22.4. The van der Waals surface area contributed by atoms with Gasteiger partial charge in [-0.25, -0.2) is 9.18 Å². The number of benzene rings is 2. The first kappa shape index (κ1) is 28.0. The Kier molecular flexibility index (Phi) is 10.8. The molecule has 3 amide bonds. The van der Waals surface area contributed by atoms with Crippen molar-refractivity contribution < 1.29 is 23.5 Å². The summed E-state index contributed by atoms with van der Waals surface area (Å²) in [4.78, 5) is 30.8. The molecule has 3 rings (SSSR count). The fourth-order valence-corrected chi connectivity index (χ4v) is 4.54. The van der Waals surface area contributed by atoms with E-state index in [9.17, 15) is 14.0 Å². The van der Waals surface area contributed by atoms with Crippen LogP contribution in [0.25, 0.3) is 0 Å². The number of hydrogen-bond donors (Lipinski definition) is 1. The van der Waals surface area contributed by atoms with Crippen LogP contribution in [0.4, 0.5) is 14.9 Å². The number of halogens is 1. The molecule has 0 aliphatic heterocycles. The molecule has 0 aliphatic rings. The predicted octanol–water partition coefficient (Wildman–Crippen LogP) is 5.81. The monoisotopic (exact) mass is 527 g/mol. The number of anilines is 1. The van der Waals surface area contributed by atoms with E-state index in [0.29, 0.717) is 43.2 Å². The number of thiophene rings is 1. The summed E-state index contributed by atoms with van der Waals surface area (Å²) in [5.74, 6) is 0.690. The molecule has 0 saturated heterocycles. The highest BCUT2D eigenvalue weighted by Crippen LogP contribution is 2.28. The number of hydrogen-bond acceptors (Lipinski definition) is 5. The maximum Gasteiger partial charge on any atom is 0.322 e. The van der Waals surface area contributed by atoms with Gasteiger partial charge in [0.1, 0.15) is 12.4 Å². The van der Waals surface area contributed by atoms with Crippen LogP contribution in [-0.4, -0.2) is 55.6 Å². The number of rotatable bonds is 13. The molecule has 1 aromatic heterocycles. The van der Waals surface area contributed by atoms with Crippen molar-refractivity contribution in [2.45, 2.75) is 32.7 Å². The van der Waals surface area contributed by atoms with Gasteiger partial charge < -0.3 is 24.6 Å². The number of carbonyl (C=O) groups is 2. The van der Waals surface area contributed by atoms with Gasteiger partial charge in [-0.2, -0.15) is 0 Å². The van der Waals surface area contributed by atoms with Gasteiger partial charge >= 0.3 is 6.03 Å². The SMILES string of the molecule is CCCCN(CC(=O)N(CCc1ccc(OC)c(OC)c1)Cc1cccs1)C(=O)Nc1cccc(F)c1. The van der Waals surface area contributed by atoms with Gasteiger partial charge in [0.25, 0.3) is 0 Å². The standard InChI is InChI=1S/C28H34FN3O4S/c1-4-5-14-32(28(34)30-23-9-6-8-22(29)18-23)20-27(33)31(19-24-10-7-16-37-24)15-13-21-11-12-25(35-2)26(17-21)36-3/h6-12,16-18H,4-5,13-15,19-20H2,1-3H3,(H,30,34). The largest absolute Gasteiger partial charge is 0.493 e. The molecule has 0 saturated carbocycles. The van der Waals surface area contributed by atoms with E-state index in [4.69, 9.17) is 9.47 Å². The lowest BCUT2D eigenvalue weighted by Gasteiger charge is -2.28. The van der Waals surface area contributed by atoms with E-state index < -0.39 is 11.8 Å². The topological polar surface area (TPSA) is 71.1 Å². The minimum absolute atomic E-state index is 0.0710. The van der Waals surface area contributed by atoms with Gasteiger partial charge in [0, 0.05) is 23.7 Å². The summed E-state index contributed by atoms with van der Waals surface area (Å²) in [5, 5.41) is 4.69. The van der Waals surface area contributed by atoms with Crippen LogP contribution in [0.3, 0.4) is 0 Å². The molecule has 1 N–H and O–H groups in total. The van der Waals surface area contributed by atoms with Crippen molar-refractivity contribution in [3.63, 3.8) is 0 Å². The number of methoxy groups -OCH3 is 2. The molecule has 0 radical (unpaired) electrons. The van der Waals surface area contributed by atoms with Crippen molar-refractivity contribution in [1.82, 2.24) is 9.80 Å². The summed E-state index contributed by atoms with van der Waals surface area (Å²) in [6, 6.07) is 15.0. The molecule has 3 aromatic rings. The molecule has 0 bridgehead atoms. The van der Waals surface area contributed by atoms with Crippen LogP contribution < -0.4 is 14.8 Å². The predicted molar refractivity (Wildman–Crippen MR) is 145 cm³/mol. The number of urea groups is 1. The summed E-state index contributed by atoms with van der Waals surface area (Å²) in [6.45, 7) is 3.30. The molecule has 0 atom stereocenters. The highest BCUT2D eigenvalue weighted by atomic mass is 32.1. The second-order valence-corrected chi connectivity index (χ2v) is 9.58. The molecule has 0 fully saturated rings. The Labute approximate surface area is 221 Å². The number of unbranched alkanes of at least 4 members (excludes halogenated alkanes) is 1. The molecule has 0 unspecified atom stereocenters. The van der Waals surface area contributed by atoms with Gasteiger partial charge in [0.05, 0.1) is 20.8 Å². The average Bonchev–Trinajstić information content (AvgIpc) is 3.41. The fraction of sp³-hybridized carbons (Fsp3) is 0.357. The smallest absolute Gasteiger partial charge is 0.322 e. The van der Waals surface area contributed by atoms with Crippen LogP contribution in [0.1, 0.15) is 30.2 Å². The van der Waals surface area contributed by atoms with E-state index in [1.807, 2.05) is 42.6 Å². The van der Waals surface area contributed by atoms with Crippen molar-refractivity contribution in [2.75, 3.05) is 39.2 Å². The van der Waals surface area contributed by atoms with Crippen LogP contribution >= 0.6 is 11.3 Å². The molecule has 0 spiro atoms. The molecular weight excluding hydrogens is 493 g/mol. The third-order valence-corrected chi connectivity index (χ3v) is 6.73. The van der Waals surface area contributed by atoms with Gasteiger partial charge in [-0.15, -0.1) is 11.3 Å². The first-order valence-electron chi connectivity index (χ1n) is 12.3. The number of amides is 3. The third-order valence-electron chi connectivity index (χ3n) is 5.87. The van der Waals surface area contributed by atoms with Gasteiger partial charge in [-0.05, 0) is 60.2 Å². The molecular formula is C28H34FN3O4S. The van der Waals surface area contributed by atoms with Crippen molar-refractivity contribution in [1.29, 1.82) is 0 Å². The zero-order valence-electron chi connectivity index (χ0n) is 21.5. The van der Waals surface area contributed by atoms with Crippen LogP contribution in [0.15, 0.2) is 60.0 Å². The van der Waals surface area contributed by atoms with Crippen LogP contribution in [0.5, 0.6) is 11.5 Å². The number of nitrogens with one attached hydrogen (secondary N) is 1. The van der Waals surface area contributed by atoms with Gasteiger partial charge in [0.2, 0.25) is 5.91 Å². The molecule has 7 nitrogen and oxygen atoms in total. The van der Waals surface area contributed by atoms with Crippen molar-refractivity contribution in [3.05, 3.63) is 76.2 Å². The zero-order chi connectivity index (χ0) is 26.6. The van der Waals surface area contributed by atoms with Crippen LogP contribution in [0, 0.1) is 5.82 Å². The second kappa shape index (κ2) is 14.2. The Morgan fingerprint density at radius 1 is 0.973 bits per heavy atom. The van der Waals surface area contributed by atoms with E-state index in [1.54, 1.807) is 36.5 Å². The molecule has 1 heterocycles. The lowest BCUT2D eigenvalue weighted by Crippen LogP contribution is -2.45. The van der Waals surface area contributed by atoms with E-state index in [1.165, 1.54) is 23.1 Å². The van der Waals surface area contributed by atoms with E-state index in [2.05, 4.69) is 5.32 Å². The van der Waals surface area contributed by atoms with Gasteiger partial charge in [0.15, 0.2) is 11.5 Å². The van der Waals surface area contributed by atoms with Gasteiger partial charge in [-0.3, -0.25) is 4.79 Å². The Balaban J connectivity index is 1.73. The number of ether oxygens (including phenoxy) is 2. The van der Waals surface area contributed by atoms with E-state index in [0.717, 1.165) is 23.3 Å². The quantitative estimate of drug-likeness (QED) is 0.305. The molecule has 0 aliphatic carbocycles. The Morgan fingerprint density at radius 2 is 1.78 bits per heavy atom. The summed E-state index contributed by atoms with van der Waals surface area (Å²) >= 11 is 1.58. The Hall–Kier alpha value is -3.59.